The second-order valence-corrected chi connectivity index (χ2v) is 4.36. The van der Waals surface area contributed by atoms with Gasteiger partial charge in [-0.05, 0) is 50.7 Å². The molecule has 60 valence electrons. The van der Waals surface area contributed by atoms with E-state index >= 15 is 0 Å². The van der Waals surface area contributed by atoms with Gasteiger partial charge in [0.15, 0.2) is 0 Å². The van der Waals surface area contributed by atoms with Crippen LogP contribution in [0.25, 0.3) is 0 Å². The van der Waals surface area contributed by atoms with Crippen LogP contribution in [0.15, 0.2) is 16.6 Å². The molecular weight excluding hydrogens is 342 g/mol. The molecule has 0 fully saturated rings. The van der Waals surface area contributed by atoms with Crippen LogP contribution in [0.1, 0.15) is 0 Å². The lowest BCUT2D eigenvalue weighted by Gasteiger charge is -2.05. The summed E-state index contributed by atoms with van der Waals surface area (Å²) in [6.45, 7) is 0. The molecule has 1 aromatic carbocycles. The molecule has 0 spiro atoms. The topological polar surface area (TPSA) is 9.23 Å². The van der Waals surface area contributed by atoms with Crippen LogP contribution in [0.5, 0.6) is 5.75 Å². The van der Waals surface area contributed by atoms with E-state index in [1.807, 2.05) is 12.1 Å². The van der Waals surface area contributed by atoms with Crippen molar-refractivity contribution in [3.63, 3.8) is 0 Å². The van der Waals surface area contributed by atoms with Gasteiger partial charge in [-0.2, -0.15) is 0 Å². The number of benzene rings is 1. The average molecular weight is 347 g/mol. The standard InChI is InChI=1S/C7H5BrClIO/c1-11-7-5(8)2-4(9)3-6(7)10/h2-3H,1H3. The number of hydrogen-bond acceptors (Lipinski definition) is 1. The van der Waals surface area contributed by atoms with Crippen LogP contribution in [-0.2, 0) is 0 Å². The first-order chi connectivity index (χ1) is 5.15. The Morgan fingerprint density at radius 3 is 2.64 bits per heavy atom. The highest BCUT2D eigenvalue weighted by Gasteiger charge is 2.05. The summed E-state index contributed by atoms with van der Waals surface area (Å²) in [6.07, 6.45) is 0. The summed E-state index contributed by atoms with van der Waals surface area (Å²) in [5.41, 5.74) is 0. The van der Waals surface area contributed by atoms with E-state index in [4.69, 9.17) is 16.3 Å². The number of methoxy groups -OCH3 is 1. The maximum atomic E-state index is 5.79. The number of halogens is 3. The lowest BCUT2D eigenvalue weighted by molar-refractivity contribution is 0.409. The Hall–Kier alpha value is 0.520. The van der Waals surface area contributed by atoms with E-state index in [9.17, 15) is 0 Å². The van der Waals surface area contributed by atoms with Crippen LogP contribution < -0.4 is 4.74 Å². The van der Waals surface area contributed by atoms with Crippen molar-refractivity contribution in [3.05, 3.63) is 25.2 Å². The van der Waals surface area contributed by atoms with E-state index in [2.05, 4.69) is 38.5 Å². The van der Waals surface area contributed by atoms with Crippen LogP contribution >= 0.6 is 50.1 Å². The zero-order chi connectivity index (χ0) is 8.43. The van der Waals surface area contributed by atoms with Gasteiger partial charge < -0.3 is 4.74 Å². The second-order valence-electron chi connectivity index (χ2n) is 1.90. The van der Waals surface area contributed by atoms with Gasteiger partial charge in [-0.1, -0.05) is 11.6 Å². The molecule has 0 amide bonds. The van der Waals surface area contributed by atoms with Crippen LogP contribution in [-0.4, -0.2) is 7.11 Å². The Balaban J connectivity index is 3.25. The molecule has 1 aromatic rings. The predicted molar refractivity (Wildman–Crippen MR) is 58.4 cm³/mol. The molecule has 0 bridgehead atoms. The van der Waals surface area contributed by atoms with Gasteiger partial charge in [0.2, 0.25) is 0 Å². The summed E-state index contributed by atoms with van der Waals surface area (Å²) in [5, 5.41) is 0.710. The minimum Gasteiger partial charge on any atom is -0.494 e. The van der Waals surface area contributed by atoms with Gasteiger partial charge in [0.1, 0.15) is 5.75 Å². The average Bonchev–Trinajstić information content (AvgIpc) is 1.85. The summed E-state index contributed by atoms with van der Waals surface area (Å²) in [5.74, 6) is 0.829. The van der Waals surface area contributed by atoms with Gasteiger partial charge in [-0.15, -0.1) is 0 Å². The fraction of sp³-hybridized carbons (Fsp3) is 0.143. The molecule has 0 aliphatic carbocycles. The lowest BCUT2D eigenvalue weighted by Crippen LogP contribution is -1.87. The van der Waals surface area contributed by atoms with Crippen molar-refractivity contribution in [1.29, 1.82) is 0 Å². The number of ether oxygens (including phenoxy) is 1. The van der Waals surface area contributed by atoms with Gasteiger partial charge in [-0.3, -0.25) is 0 Å². The fourth-order valence-corrected chi connectivity index (χ4v) is 3.10. The maximum Gasteiger partial charge on any atom is 0.146 e. The number of rotatable bonds is 1. The Morgan fingerprint density at radius 1 is 1.55 bits per heavy atom. The van der Waals surface area contributed by atoms with E-state index in [1.54, 1.807) is 7.11 Å². The van der Waals surface area contributed by atoms with Gasteiger partial charge in [0.05, 0.1) is 15.2 Å². The monoisotopic (exact) mass is 346 g/mol. The van der Waals surface area contributed by atoms with Crippen molar-refractivity contribution in [2.45, 2.75) is 0 Å². The molecule has 0 atom stereocenters. The van der Waals surface area contributed by atoms with Crippen molar-refractivity contribution < 1.29 is 4.74 Å². The fourth-order valence-electron chi connectivity index (χ4n) is 0.724. The Kier molecular flexibility index (Phi) is 3.46. The molecule has 0 heterocycles. The van der Waals surface area contributed by atoms with Crippen LogP contribution in [0.3, 0.4) is 0 Å². The largest absolute Gasteiger partial charge is 0.494 e. The SMILES string of the molecule is COc1c(Br)cc(Cl)cc1I. The van der Waals surface area contributed by atoms with Crippen molar-refractivity contribution in [2.24, 2.45) is 0 Å². The Morgan fingerprint density at radius 2 is 2.18 bits per heavy atom. The molecule has 11 heavy (non-hydrogen) atoms. The van der Waals surface area contributed by atoms with Crippen molar-refractivity contribution in [2.75, 3.05) is 7.11 Å². The molecule has 0 aromatic heterocycles. The van der Waals surface area contributed by atoms with E-state index in [1.165, 1.54) is 0 Å². The molecule has 0 N–H and O–H groups in total. The molecule has 0 radical (unpaired) electrons. The third kappa shape index (κ3) is 2.23. The minimum absolute atomic E-state index is 0.710. The van der Waals surface area contributed by atoms with E-state index < -0.39 is 0 Å². The maximum absolute atomic E-state index is 5.79. The highest BCUT2D eigenvalue weighted by Crippen LogP contribution is 2.32. The zero-order valence-corrected chi connectivity index (χ0v) is 10.2. The highest BCUT2D eigenvalue weighted by molar-refractivity contribution is 14.1. The summed E-state index contributed by atoms with van der Waals surface area (Å²) in [6, 6.07) is 3.66. The Bertz CT molecular complexity index is 254. The van der Waals surface area contributed by atoms with Gasteiger partial charge in [-0.25, -0.2) is 0 Å². The highest BCUT2D eigenvalue weighted by atomic mass is 127. The minimum atomic E-state index is 0.710. The van der Waals surface area contributed by atoms with Gasteiger partial charge in [0, 0.05) is 5.02 Å². The molecule has 0 saturated carbocycles. The number of hydrogen-bond donors (Lipinski definition) is 0. The molecular formula is C7H5BrClIO. The van der Waals surface area contributed by atoms with Gasteiger partial charge >= 0.3 is 0 Å². The van der Waals surface area contributed by atoms with Crippen molar-refractivity contribution in [1.82, 2.24) is 0 Å². The molecule has 1 rings (SSSR count). The predicted octanol–water partition coefficient (Wildman–Crippen LogP) is 3.72. The normalized spacial score (nSPS) is 9.82. The third-order valence-corrected chi connectivity index (χ3v) is 2.78. The Labute approximate surface area is 92.3 Å². The van der Waals surface area contributed by atoms with Crippen LogP contribution in [0.4, 0.5) is 0 Å². The van der Waals surface area contributed by atoms with E-state index in [0.717, 1.165) is 13.8 Å². The molecule has 0 saturated heterocycles. The van der Waals surface area contributed by atoms with E-state index in [0.29, 0.717) is 5.02 Å². The van der Waals surface area contributed by atoms with Crippen molar-refractivity contribution >= 4 is 50.1 Å². The first-order valence-electron chi connectivity index (χ1n) is 2.83. The summed E-state index contributed by atoms with van der Waals surface area (Å²) < 4.78 is 7.01. The molecule has 4 heteroatoms. The lowest BCUT2D eigenvalue weighted by atomic mass is 10.3. The summed E-state index contributed by atoms with van der Waals surface area (Å²) in [7, 11) is 1.64. The molecule has 0 unspecified atom stereocenters. The first kappa shape index (κ1) is 9.61. The van der Waals surface area contributed by atoms with E-state index in [-0.39, 0.29) is 0 Å². The van der Waals surface area contributed by atoms with Gasteiger partial charge in [0.25, 0.3) is 0 Å². The third-order valence-electron chi connectivity index (χ3n) is 1.17. The summed E-state index contributed by atoms with van der Waals surface area (Å²) >= 11 is 11.3. The zero-order valence-electron chi connectivity index (χ0n) is 5.70. The smallest absolute Gasteiger partial charge is 0.146 e. The van der Waals surface area contributed by atoms with Crippen LogP contribution in [0, 0.1) is 3.57 Å². The van der Waals surface area contributed by atoms with Crippen molar-refractivity contribution in [3.8, 4) is 5.75 Å². The van der Waals surface area contributed by atoms with Crippen LogP contribution in [0.2, 0.25) is 5.02 Å². The first-order valence-corrected chi connectivity index (χ1v) is 5.08. The summed E-state index contributed by atoms with van der Waals surface area (Å²) in [4.78, 5) is 0. The molecule has 0 aliphatic heterocycles. The molecule has 1 nitrogen and oxygen atoms in total. The second kappa shape index (κ2) is 3.96. The molecule has 0 aliphatic rings. The quantitative estimate of drug-likeness (QED) is 0.704.